The standard InChI is InChI=1S/C29H27N9O3S/c1-34-9-11-36(12-10-34)29(39)21-5-3-20(4-6-21)23-13-26-25(30-14-23)16-33-38(26)42(40,41)28-17-31-27-8-7-22(19-37(27)28)24-15-32-35(2)18-24/h3-8,13-19H,9-12H2,1-2H3. The van der Waals surface area contributed by atoms with Gasteiger partial charge in [0.25, 0.3) is 5.91 Å². The number of aryl methyl sites for hydroxylation is 1. The molecular formula is C29H27N9O3S. The predicted molar refractivity (Wildman–Crippen MR) is 156 cm³/mol. The number of piperazine rings is 1. The van der Waals surface area contributed by atoms with Gasteiger partial charge in [-0.25, -0.2) is 4.98 Å². The highest BCUT2D eigenvalue weighted by atomic mass is 32.2. The van der Waals surface area contributed by atoms with Gasteiger partial charge in [0.15, 0.2) is 5.03 Å². The van der Waals surface area contributed by atoms with Crippen molar-refractivity contribution in [1.29, 1.82) is 0 Å². The van der Waals surface area contributed by atoms with E-state index in [0.717, 1.165) is 33.9 Å². The zero-order chi connectivity index (χ0) is 29.0. The zero-order valence-corrected chi connectivity index (χ0v) is 23.8. The van der Waals surface area contributed by atoms with E-state index in [2.05, 4.69) is 32.1 Å². The molecule has 1 aromatic carbocycles. The Hall–Kier alpha value is -4.88. The summed E-state index contributed by atoms with van der Waals surface area (Å²) >= 11 is 0. The average molecular weight is 582 g/mol. The van der Waals surface area contributed by atoms with E-state index in [9.17, 15) is 13.2 Å². The molecule has 1 fully saturated rings. The normalized spacial score (nSPS) is 14.7. The molecule has 1 amide bonds. The van der Waals surface area contributed by atoms with E-state index in [1.54, 1.807) is 51.9 Å². The van der Waals surface area contributed by atoms with Crippen molar-refractivity contribution in [3.63, 3.8) is 0 Å². The van der Waals surface area contributed by atoms with Gasteiger partial charge in [0.2, 0.25) is 0 Å². The van der Waals surface area contributed by atoms with Gasteiger partial charge in [0, 0.05) is 74.1 Å². The van der Waals surface area contributed by atoms with E-state index >= 15 is 0 Å². The molecule has 0 radical (unpaired) electrons. The van der Waals surface area contributed by atoms with E-state index in [4.69, 9.17) is 0 Å². The summed E-state index contributed by atoms with van der Waals surface area (Å²) in [5, 5.41) is 8.39. The topological polar surface area (TPSA) is 124 Å². The predicted octanol–water partition coefficient (Wildman–Crippen LogP) is 2.77. The second kappa shape index (κ2) is 9.89. The van der Waals surface area contributed by atoms with Gasteiger partial charge >= 0.3 is 10.0 Å². The summed E-state index contributed by atoms with van der Waals surface area (Å²) in [7, 11) is -0.267. The molecule has 1 saturated heterocycles. The first-order valence-corrected chi connectivity index (χ1v) is 14.9. The fraction of sp³-hybridized carbons (Fsp3) is 0.207. The molecule has 42 heavy (non-hydrogen) atoms. The number of likely N-dealkylation sites (N-methyl/N-ethyl adjacent to an activating group) is 1. The van der Waals surface area contributed by atoms with Crippen molar-refractivity contribution in [2.75, 3.05) is 33.2 Å². The van der Waals surface area contributed by atoms with Crippen LogP contribution in [0.4, 0.5) is 0 Å². The second-order valence-corrected chi connectivity index (χ2v) is 12.2. The van der Waals surface area contributed by atoms with E-state index in [1.807, 2.05) is 36.3 Å². The Morgan fingerprint density at radius 3 is 2.26 bits per heavy atom. The van der Waals surface area contributed by atoms with Crippen LogP contribution in [0.2, 0.25) is 0 Å². The van der Waals surface area contributed by atoms with Gasteiger partial charge in [-0.15, -0.1) is 0 Å². The fourth-order valence-corrected chi connectivity index (χ4v) is 6.55. The van der Waals surface area contributed by atoms with E-state index in [1.165, 1.54) is 12.4 Å². The molecule has 12 nitrogen and oxygen atoms in total. The fourth-order valence-electron chi connectivity index (χ4n) is 5.21. The summed E-state index contributed by atoms with van der Waals surface area (Å²) in [6.07, 6.45) is 9.74. The monoisotopic (exact) mass is 581 g/mol. The molecule has 0 atom stereocenters. The third-order valence-electron chi connectivity index (χ3n) is 7.65. The van der Waals surface area contributed by atoms with Gasteiger partial charge in [0.05, 0.1) is 18.6 Å². The van der Waals surface area contributed by atoms with Crippen molar-refractivity contribution < 1.29 is 13.2 Å². The van der Waals surface area contributed by atoms with E-state index in [0.29, 0.717) is 40.9 Å². The maximum absolute atomic E-state index is 13.9. The molecule has 0 aliphatic carbocycles. The molecule has 0 bridgehead atoms. The smallest absolute Gasteiger partial charge is 0.301 e. The minimum Gasteiger partial charge on any atom is -0.336 e. The Morgan fingerprint density at radius 2 is 1.52 bits per heavy atom. The van der Waals surface area contributed by atoms with E-state index in [-0.39, 0.29) is 10.9 Å². The average Bonchev–Trinajstić information content (AvgIpc) is 3.75. The number of amides is 1. The second-order valence-electron chi connectivity index (χ2n) is 10.4. The van der Waals surface area contributed by atoms with Crippen molar-refractivity contribution in [3.8, 4) is 22.3 Å². The molecule has 6 heterocycles. The summed E-state index contributed by atoms with van der Waals surface area (Å²) in [5.41, 5.74) is 5.04. The minimum absolute atomic E-state index is 0.00659. The van der Waals surface area contributed by atoms with E-state index < -0.39 is 10.0 Å². The van der Waals surface area contributed by atoms with Crippen LogP contribution in [-0.4, -0.2) is 90.7 Å². The van der Waals surface area contributed by atoms with Crippen LogP contribution >= 0.6 is 0 Å². The first-order valence-electron chi connectivity index (χ1n) is 13.4. The molecule has 212 valence electrons. The van der Waals surface area contributed by atoms with Crippen LogP contribution in [0.3, 0.4) is 0 Å². The molecule has 0 unspecified atom stereocenters. The lowest BCUT2D eigenvalue weighted by molar-refractivity contribution is 0.0664. The van der Waals surface area contributed by atoms with Crippen LogP contribution in [0.25, 0.3) is 38.9 Å². The minimum atomic E-state index is -4.14. The van der Waals surface area contributed by atoms with Gasteiger partial charge < -0.3 is 9.80 Å². The Morgan fingerprint density at radius 1 is 0.762 bits per heavy atom. The number of carbonyl (C=O) groups is 1. The van der Waals surface area contributed by atoms with Crippen LogP contribution in [0.5, 0.6) is 0 Å². The number of benzene rings is 1. The summed E-state index contributed by atoms with van der Waals surface area (Å²) < 4.78 is 32.1. The van der Waals surface area contributed by atoms with Crippen LogP contribution in [0, 0.1) is 0 Å². The number of aromatic nitrogens is 7. The number of pyridine rings is 2. The van der Waals surface area contributed by atoms with Crippen LogP contribution < -0.4 is 0 Å². The Bertz CT molecular complexity index is 2070. The maximum Gasteiger partial charge on any atom is 0.301 e. The molecular weight excluding hydrogens is 554 g/mol. The SMILES string of the molecule is CN1CCN(C(=O)c2ccc(-c3cnc4cnn(S(=O)(=O)c5cnc6ccc(-c7cnn(C)c7)cn56)c4c3)cc2)CC1. The third kappa shape index (κ3) is 4.43. The van der Waals surface area contributed by atoms with Crippen LogP contribution in [0.1, 0.15) is 10.4 Å². The summed E-state index contributed by atoms with van der Waals surface area (Å²) in [5.74, 6) is 0.00659. The number of hydrogen-bond donors (Lipinski definition) is 0. The van der Waals surface area contributed by atoms with Gasteiger partial charge in [-0.1, -0.05) is 12.1 Å². The van der Waals surface area contributed by atoms with Crippen molar-refractivity contribution in [1.82, 2.24) is 43.1 Å². The van der Waals surface area contributed by atoms with Crippen molar-refractivity contribution in [2.45, 2.75) is 5.03 Å². The first-order chi connectivity index (χ1) is 20.3. The highest BCUT2D eigenvalue weighted by Gasteiger charge is 2.26. The molecule has 7 rings (SSSR count). The Balaban J connectivity index is 1.22. The Kier molecular flexibility index (Phi) is 6.13. The quantitative estimate of drug-likeness (QED) is 0.305. The highest BCUT2D eigenvalue weighted by molar-refractivity contribution is 7.90. The molecule has 0 N–H and O–H groups in total. The number of hydrogen-bond acceptors (Lipinski definition) is 8. The molecule has 1 aliphatic rings. The number of carbonyl (C=O) groups excluding carboxylic acids is 1. The van der Waals surface area contributed by atoms with Crippen molar-refractivity contribution >= 4 is 32.6 Å². The Labute approximate surface area is 241 Å². The van der Waals surface area contributed by atoms with Gasteiger partial charge in [-0.3, -0.25) is 18.9 Å². The lowest BCUT2D eigenvalue weighted by atomic mass is 10.0. The molecule has 0 saturated carbocycles. The lowest BCUT2D eigenvalue weighted by Gasteiger charge is -2.32. The summed E-state index contributed by atoms with van der Waals surface area (Å²) in [6, 6.07) is 12.7. The molecule has 1 aliphatic heterocycles. The lowest BCUT2D eigenvalue weighted by Crippen LogP contribution is -2.47. The van der Waals surface area contributed by atoms with Crippen LogP contribution in [-0.2, 0) is 17.1 Å². The zero-order valence-electron chi connectivity index (χ0n) is 23.0. The third-order valence-corrected chi connectivity index (χ3v) is 9.22. The number of nitrogens with zero attached hydrogens (tertiary/aromatic N) is 9. The summed E-state index contributed by atoms with van der Waals surface area (Å²) in [6.45, 7) is 3.11. The van der Waals surface area contributed by atoms with Gasteiger partial charge in [0.1, 0.15) is 16.7 Å². The number of fused-ring (bicyclic) bond motifs is 2. The van der Waals surface area contributed by atoms with Gasteiger partial charge in [-0.05, 0) is 42.9 Å². The van der Waals surface area contributed by atoms with Crippen LogP contribution in [0.15, 0.2) is 84.7 Å². The number of rotatable bonds is 5. The van der Waals surface area contributed by atoms with Gasteiger partial charge in [-0.2, -0.15) is 22.7 Å². The molecule has 13 heteroatoms. The molecule has 6 aromatic rings. The largest absolute Gasteiger partial charge is 0.336 e. The first kappa shape index (κ1) is 26.0. The maximum atomic E-state index is 13.9. The van der Waals surface area contributed by atoms with Crippen molar-refractivity contribution in [2.24, 2.45) is 7.05 Å². The molecule has 5 aromatic heterocycles. The molecule has 0 spiro atoms. The van der Waals surface area contributed by atoms with Crippen molar-refractivity contribution in [3.05, 3.63) is 85.2 Å². The number of imidazole rings is 1. The highest BCUT2D eigenvalue weighted by Crippen LogP contribution is 2.27. The summed E-state index contributed by atoms with van der Waals surface area (Å²) in [4.78, 5) is 25.8.